The highest BCUT2D eigenvalue weighted by Gasteiger charge is 2.20. The molecule has 1 aromatic heterocycles. The van der Waals surface area contributed by atoms with Crippen molar-refractivity contribution in [3.63, 3.8) is 0 Å². The number of hydrogen-bond donors (Lipinski definition) is 4. The Balaban J connectivity index is 1.88. The fourth-order valence-corrected chi connectivity index (χ4v) is 3.19. The monoisotopic (exact) mass is 371 g/mol. The van der Waals surface area contributed by atoms with Crippen molar-refractivity contribution >= 4 is 34.8 Å². The van der Waals surface area contributed by atoms with Gasteiger partial charge in [0, 0.05) is 25.2 Å². The first-order valence-corrected chi connectivity index (χ1v) is 9.07. The molecule has 2 aromatic rings. The zero-order chi connectivity index (χ0) is 19.4. The van der Waals surface area contributed by atoms with Crippen molar-refractivity contribution in [2.45, 2.75) is 32.7 Å². The first-order valence-electron chi connectivity index (χ1n) is 9.07. The molecule has 1 saturated heterocycles. The van der Waals surface area contributed by atoms with E-state index in [9.17, 15) is 9.59 Å². The number of likely N-dealkylation sites (tertiary alicyclic amines) is 1. The molecule has 3 amide bonds. The van der Waals surface area contributed by atoms with Crippen molar-refractivity contribution in [2.75, 3.05) is 29.5 Å². The number of carbonyl (C=O) groups excluding carboxylic acids is 2. The predicted octanol–water partition coefficient (Wildman–Crippen LogP) is 2.35. The number of aryl methyl sites for hydroxylation is 1. The molecule has 1 fully saturated rings. The number of piperidine rings is 1. The summed E-state index contributed by atoms with van der Waals surface area (Å²) in [6, 6.07) is 4.37. The summed E-state index contributed by atoms with van der Waals surface area (Å²) >= 11 is 0. The zero-order valence-electron chi connectivity index (χ0n) is 15.4. The number of hydrogen-bond acceptors (Lipinski definition) is 5. The SMILES string of the molecule is CCn1ncc(Nc2ccc(C(=O)N3CCCCC3)cc2NC(N)=O)c1N. The number of nitrogen functional groups attached to an aromatic ring is 1. The second-order valence-corrected chi connectivity index (χ2v) is 6.49. The lowest BCUT2D eigenvalue weighted by Gasteiger charge is -2.27. The normalized spacial score (nSPS) is 14.0. The van der Waals surface area contributed by atoms with Crippen LogP contribution in [0.1, 0.15) is 36.5 Å². The molecule has 6 N–H and O–H groups in total. The van der Waals surface area contributed by atoms with Gasteiger partial charge in [-0.1, -0.05) is 0 Å². The van der Waals surface area contributed by atoms with Gasteiger partial charge in [-0.15, -0.1) is 0 Å². The number of primary amides is 1. The molecule has 27 heavy (non-hydrogen) atoms. The number of amides is 3. The Morgan fingerprint density at radius 2 is 1.89 bits per heavy atom. The van der Waals surface area contributed by atoms with Crippen LogP contribution in [0.3, 0.4) is 0 Å². The maximum absolute atomic E-state index is 12.7. The molecule has 3 rings (SSSR count). The lowest BCUT2D eigenvalue weighted by Crippen LogP contribution is -2.35. The van der Waals surface area contributed by atoms with Gasteiger partial charge >= 0.3 is 6.03 Å². The number of anilines is 4. The molecular formula is C18H25N7O2. The third-order valence-electron chi connectivity index (χ3n) is 4.62. The van der Waals surface area contributed by atoms with Gasteiger partial charge in [0.25, 0.3) is 5.91 Å². The molecule has 9 heteroatoms. The topological polar surface area (TPSA) is 131 Å². The van der Waals surface area contributed by atoms with Gasteiger partial charge in [0.05, 0.1) is 17.6 Å². The molecule has 0 atom stereocenters. The molecule has 0 spiro atoms. The highest BCUT2D eigenvalue weighted by atomic mass is 16.2. The second kappa shape index (κ2) is 7.98. The summed E-state index contributed by atoms with van der Waals surface area (Å²) in [5.41, 5.74) is 13.5. The minimum Gasteiger partial charge on any atom is -0.382 e. The van der Waals surface area contributed by atoms with E-state index in [1.807, 2.05) is 11.8 Å². The summed E-state index contributed by atoms with van der Waals surface area (Å²) in [6.45, 7) is 4.09. The zero-order valence-corrected chi connectivity index (χ0v) is 15.4. The van der Waals surface area contributed by atoms with Gasteiger partial charge in [-0.3, -0.25) is 4.79 Å². The third kappa shape index (κ3) is 4.13. The van der Waals surface area contributed by atoms with Crippen LogP contribution in [-0.2, 0) is 6.54 Å². The lowest BCUT2D eigenvalue weighted by molar-refractivity contribution is 0.0724. The number of nitrogens with one attached hydrogen (secondary N) is 2. The molecule has 0 radical (unpaired) electrons. The van der Waals surface area contributed by atoms with Crippen molar-refractivity contribution in [1.82, 2.24) is 14.7 Å². The average molecular weight is 371 g/mol. The van der Waals surface area contributed by atoms with Gasteiger partial charge in [-0.2, -0.15) is 5.10 Å². The fourth-order valence-electron chi connectivity index (χ4n) is 3.19. The molecule has 9 nitrogen and oxygen atoms in total. The van der Waals surface area contributed by atoms with Gasteiger partial charge in [-0.25, -0.2) is 9.48 Å². The van der Waals surface area contributed by atoms with Gasteiger partial charge in [0.2, 0.25) is 0 Å². The maximum atomic E-state index is 12.7. The number of urea groups is 1. The molecule has 1 aliphatic rings. The Labute approximate surface area is 157 Å². The van der Waals surface area contributed by atoms with E-state index in [1.165, 1.54) is 0 Å². The summed E-state index contributed by atoms with van der Waals surface area (Å²) in [4.78, 5) is 26.0. The van der Waals surface area contributed by atoms with Crippen LogP contribution in [0.15, 0.2) is 24.4 Å². The van der Waals surface area contributed by atoms with Gasteiger partial charge in [-0.05, 0) is 44.4 Å². The number of nitrogens with zero attached hydrogens (tertiary/aromatic N) is 3. The minimum atomic E-state index is -0.710. The lowest BCUT2D eigenvalue weighted by atomic mass is 10.1. The van der Waals surface area contributed by atoms with Crippen LogP contribution >= 0.6 is 0 Å². The molecule has 0 unspecified atom stereocenters. The Morgan fingerprint density at radius 1 is 1.15 bits per heavy atom. The highest BCUT2D eigenvalue weighted by molar-refractivity contribution is 5.99. The maximum Gasteiger partial charge on any atom is 0.316 e. The average Bonchev–Trinajstić information content (AvgIpc) is 3.02. The van der Waals surface area contributed by atoms with Crippen molar-refractivity contribution < 1.29 is 9.59 Å². The predicted molar refractivity (Wildman–Crippen MR) is 105 cm³/mol. The smallest absolute Gasteiger partial charge is 0.316 e. The van der Waals surface area contributed by atoms with Crippen LogP contribution in [-0.4, -0.2) is 39.7 Å². The number of benzene rings is 1. The molecule has 1 aromatic carbocycles. The van der Waals surface area contributed by atoms with E-state index < -0.39 is 6.03 Å². The van der Waals surface area contributed by atoms with Gasteiger partial charge < -0.3 is 27.0 Å². The van der Waals surface area contributed by atoms with E-state index in [2.05, 4.69) is 15.7 Å². The van der Waals surface area contributed by atoms with E-state index in [1.54, 1.807) is 29.1 Å². The fraction of sp³-hybridized carbons (Fsp3) is 0.389. The van der Waals surface area contributed by atoms with Crippen molar-refractivity contribution in [3.05, 3.63) is 30.0 Å². The summed E-state index contributed by atoms with van der Waals surface area (Å²) in [5, 5.41) is 9.90. The Bertz CT molecular complexity index is 840. The quantitative estimate of drug-likeness (QED) is 0.640. The molecule has 0 saturated carbocycles. The number of carbonyl (C=O) groups is 2. The largest absolute Gasteiger partial charge is 0.382 e. The van der Waals surface area contributed by atoms with Crippen molar-refractivity contribution in [1.29, 1.82) is 0 Å². The van der Waals surface area contributed by atoms with Gasteiger partial charge in [0.1, 0.15) is 11.5 Å². The molecule has 144 valence electrons. The minimum absolute atomic E-state index is 0.0490. The first-order chi connectivity index (χ1) is 13.0. The molecule has 1 aliphatic heterocycles. The molecule has 0 aliphatic carbocycles. The molecular weight excluding hydrogens is 346 g/mol. The Hall–Kier alpha value is -3.23. The van der Waals surface area contributed by atoms with E-state index >= 15 is 0 Å². The van der Waals surface area contributed by atoms with Crippen LogP contribution in [0.2, 0.25) is 0 Å². The van der Waals surface area contributed by atoms with Crippen LogP contribution in [0, 0.1) is 0 Å². The Kier molecular flexibility index (Phi) is 5.49. The number of aromatic nitrogens is 2. The summed E-state index contributed by atoms with van der Waals surface area (Å²) in [7, 11) is 0. The first kappa shape index (κ1) is 18.6. The van der Waals surface area contributed by atoms with E-state index in [0.29, 0.717) is 35.0 Å². The second-order valence-electron chi connectivity index (χ2n) is 6.49. The molecule has 0 bridgehead atoms. The summed E-state index contributed by atoms with van der Waals surface area (Å²) < 4.78 is 1.65. The van der Waals surface area contributed by atoms with Crippen LogP contribution in [0.4, 0.5) is 27.7 Å². The third-order valence-corrected chi connectivity index (χ3v) is 4.62. The van der Waals surface area contributed by atoms with Gasteiger partial charge in [0.15, 0.2) is 0 Å². The summed E-state index contributed by atoms with van der Waals surface area (Å²) in [6.07, 6.45) is 4.78. The van der Waals surface area contributed by atoms with E-state index in [-0.39, 0.29) is 5.91 Å². The number of rotatable bonds is 5. The van der Waals surface area contributed by atoms with Crippen molar-refractivity contribution in [3.8, 4) is 0 Å². The van der Waals surface area contributed by atoms with Crippen LogP contribution < -0.4 is 22.1 Å². The Morgan fingerprint density at radius 3 is 2.52 bits per heavy atom. The molecule has 2 heterocycles. The van der Waals surface area contributed by atoms with E-state index in [4.69, 9.17) is 11.5 Å². The van der Waals surface area contributed by atoms with E-state index in [0.717, 1.165) is 32.4 Å². The highest BCUT2D eigenvalue weighted by Crippen LogP contribution is 2.30. The van der Waals surface area contributed by atoms with Crippen LogP contribution in [0.5, 0.6) is 0 Å². The van der Waals surface area contributed by atoms with Crippen LogP contribution in [0.25, 0.3) is 0 Å². The standard InChI is InChI=1S/C18H25N7O2/c1-2-25-16(19)15(11-21-25)22-13-7-6-12(10-14(13)23-18(20)27)17(26)24-8-4-3-5-9-24/h6-7,10-11,22H,2-5,8-9,19H2,1H3,(H3,20,23,27). The van der Waals surface area contributed by atoms with Crippen molar-refractivity contribution in [2.24, 2.45) is 5.73 Å². The summed E-state index contributed by atoms with van der Waals surface area (Å²) in [5.74, 6) is 0.433. The number of nitrogens with two attached hydrogens (primary N) is 2.